The molecule has 3 N–H and O–H groups in total. The van der Waals surface area contributed by atoms with E-state index in [1.54, 1.807) is 0 Å². The smallest absolute Gasteiger partial charge is 0.259 e. The molecule has 0 aliphatic rings. The van der Waals surface area contributed by atoms with Gasteiger partial charge in [0.2, 0.25) is 10.0 Å². The minimum absolute atomic E-state index is 0.0218. The fourth-order valence-electron chi connectivity index (χ4n) is 2.29. The minimum atomic E-state index is -4.07. The number of methoxy groups -OCH3 is 1. The molecule has 2 aromatic rings. The molecule has 0 radical (unpaired) electrons. The maximum Gasteiger partial charge on any atom is 0.259 e. The quantitative estimate of drug-likeness (QED) is 0.866. The van der Waals surface area contributed by atoms with E-state index >= 15 is 0 Å². The van der Waals surface area contributed by atoms with E-state index in [2.05, 4.69) is 5.32 Å². The number of nitrogens with two attached hydrogens (primary N) is 1. The van der Waals surface area contributed by atoms with Crippen LogP contribution in [-0.2, 0) is 10.0 Å². The number of hydrogen-bond donors (Lipinski definition) is 2. The number of anilines is 1. The van der Waals surface area contributed by atoms with Crippen LogP contribution in [0.15, 0.2) is 35.2 Å². The molecule has 24 heavy (non-hydrogen) atoms. The molecule has 0 unspecified atom stereocenters. The highest BCUT2D eigenvalue weighted by Crippen LogP contribution is 2.31. The highest BCUT2D eigenvalue weighted by molar-refractivity contribution is 7.89. The van der Waals surface area contributed by atoms with Crippen molar-refractivity contribution in [1.29, 1.82) is 0 Å². The first-order valence-corrected chi connectivity index (χ1v) is 8.85. The van der Waals surface area contributed by atoms with Crippen LogP contribution in [0, 0.1) is 13.8 Å². The summed E-state index contributed by atoms with van der Waals surface area (Å²) in [6.07, 6.45) is 0. The number of ether oxygens (including phenoxy) is 1. The number of benzene rings is 2. The summed E-state index contributed by atoms with van der Waals surface area (Å²) in [7, 11) is -2.71. The molecule has 8 heteroatoms. The molecule has 0 heterocycles. The Morgan fingerprint density at radius 2 is 1.79 bits per heavy atom. The van der Waals surface area contributed by atoms with Gasteiger partial charge in [-0.2, -0.15) is 0 Å². The lowest BCUT2D eigenvalue weighted by Gasteiger charge is -2.14. The van der Waals surface area contributed by atoms with Crippen LogP contribution < -0.4 is 15.2 Å². The van der Waals surface area contributed by atoms with Crippen LogP contribution in [0.2, 0.25) is 5.02 Å². The summed E-state index contributed by atoms with van der Waals surface area (Å²) in [5.41, 5.74) is 2.43. The average Bonchev–Trinajstić information content (AvgIpc) is 2.49. The SMILES string of the molecule is COc1cc(Cl)c(S(N)(=O)=O)cc1C(=O)Nc1c(C)cccc1C. The van der Waals surface area contributed by atoms with Gasteiger partial charge in [0.05, 0.1) is 17.7 Å². The van der Waals surface area contributed by atoms with E-state index in [1.807, 2.05) is 32.0 Å². The van der Waals surface area contributed by atoms with E-state index in [0.29, 0.717) is 5.69 Å². The van der Waals surface area contributed by atoms with Crippen molar-refractivity contribution >= 4 is 33.2 Å². The Bertz CT molecular complexity index is 890. The molecule has 0 spiro atoms. The first-order chi connectivity index (χ1) is 11.1. The van der Waals surface area contributed by atoms with E-state index in [1.165, 1.54) is 13.2 Å². The molecule has 0 saturated heterocycles. The zero-order valence-corrected chi connectivity index (χ0v) is 15.0. The van der Waals surface area contributed by atoms with Gasteiger partial charge in [-0.1, -0.05) is 29.8 Å². The number of nitrogens with one attached hydrogen (secondary N) is 1. The number of halogens is 1. The topological polar surface area (TPSA) is 98.5 Å². The van der Waals surface area contributed by atoms with Crippen molar-refractivity contribution in [1.82, 2.24) is 0 Å². The second kappa shape index (κ2) is 6.80. The van der Waals surface area contributed by atoms with Crippen molar-refractivity contribution in [3.8, 4) is 5.75 Å². The van der Waals surface area contributed by atoms with Gasteiger partial charge in [0.25, 0.3) is 5.91 Å². The summed E-state index contributed by atoms with van der Waals surface area (Å²) < 4.78 is 28.4. The lowest BCUT2D eigenvalue weighted by atomic mass is 10.1. The average molecular weight is 369 g/mol. The number of primary sulfonamides is 1. The number of hydrogen-bond acceptors (Lipinski definition) is 4. The Labute approximate surface area is 145 Å². The molecule has 2 aromatic carbocycles. The molecule has 1 amide bonds. The Morgan fingerprint density at radius 1 is 1.21 bits per heavy atom. The third-order valence-corrected chi connectivity index (χ3v) is 4.90. The van der Waals surface area contributed by atoms with Gasteiger partial charge in [-0.25, -0.2) is 13.6 Å². The molecular weight excluding hydrogens is 352 g/mol. The molecule has 0 atom stereocenters. The van der Waals surface area contributed by atoms with Crippen LogP contribution in [0.3, 0.4) is 0 Å². The third-order valence-electron chi connectivity index (χ3n) is 3.52. The number of carbonyl (C=O) groups is 1. The van der Waals surface area contributed by atoms with Crippen LogP contribution in [0.5, 0.6) is 5.75 Å². The summed E-state index contributed by atoms with van der Waals surface area (Å²) in [6, 6.07) is 7.96. The summed E-state index contributed by atoms with van der Waals surface area (Å²) in [5.74, 6) is -0.373. The molecule has 0 bridgehead atoms. The Kier molecular flexibility index (Phi) is 5.17. The van der Waals surface area contributed by atoms with Crippen LogP contribution >= 0.6 is 11.6 Å². The van der Waals surface area contributed by atoms with Gasteiger partial charge in [-0.05, 0) is 31.0 Å². The van der Waals surface area contributed by atoms with Gasteiger partial charge >= 0.3 is 0 Å². The number of amides is 1. The lowest BCUT2D eigenvalue weighted by molar-refractivity contribution is 0.102. The summed E-state index contributed by atoms with van der Waals surface area (Å²) in [6.45, 7) is 3.72. The monoisotopic (exact) mass is 368 g/mol. The van der Waals surface area contributed by atoms with Crippen LogP contribution in [-0.4, -0.2) is 21.4 Å². The van der Waals surface area contributed by atoms with E-state index < -0.39 is 15.9 Å². The fourth-order valence-corrected chi connectivity index (χ4v) is 3.38. The number of para-hydroxylation sites is 1. The van der Waals surface area contributed by atoms with Gasteiger partial charge in [0, 0.05) is 11.8 Å². The van der Waals surface area contributed by atoms with Crippen molar-refractivity contribution in [3.63, 3.8) is 0 Å². The van der Waals surface area contributed by atoms with Crippen LogP contribution in [0.4, 0.5) is 5.69 Å². The first kappa shape index (κ1) is 18.3. The highest BCUT2D eigenvalue weighted by Gasteiger charge is 2.21. The maximum absolute atomic E-state index is 12.6. The summed E-state index contributed by atoms with van der Waals surface area (Å²) >= 11 is 5.91. The molecule has 0 aliphatic carbocycles. The van der Waals surface area contributed by atoms with Crippen molar-refractivity contribution in [3.05, 3.63) is 52.0 Å². The molecule has 6 nitrogen and oxygen atoms in total. The first-order valence-electron chi connectivity index (χ1n) is 6.93. The lowest BCUT2D eigenvalue weighted by Crippen LogP contribution is -2.18. The van der Waals surface area contributed by atoms with Gasteiger partial charge in [-0.3, -0.25) is 4.79 Å². The predicted molar refractivity (Wildman–Crippen MR) is 93.2 cm³/mol. The molecule has 0 aromatic heterocycles. The normalized spacial score (nSPS) is 11.2. The Hall–Kier alpha value is -2.09. The Morgan fingerprint density at radius 3 is 2.29 bits per heavy atom. The molecule has 128 valence electrons. The number of sulfonamides is 1. The van der Waals surface area contributed by atoms with Gasteiger partial charge < -0.3 is 10.1 Å². The summed E-state index contributed by atoms with van der Waals surface area (Å²) in [5, 5.41) is 7.79. The van der Waals surface area contributed by atoms with Crippen molar-refractivity contribution in [2.45, 2.75) is 18.7 Å². The van der Waals surface area contributed by atoms with Crippen molar-refractivity contribution in [2.75, 3.05) is 12.4 Å². The van der Waals surface area contributed by atoms with Crippen molar-refractivity contribution < 1.29 is 17.9 Å². The minimum Gasteiger partial charge on any atom is -0.496 e. The van der Waals surface area contributed by atoms with Crippen LogP contribution in [0.25, 0.3) is 0 Å². The van der Waals surface area contributed by atoms with E-state index in [4.69, 9.17) is 21.5 Å². The standard InChI is InChI=1S/C16H17ClN2O4S/c1-9-5-4-6-10(2)15(9)19-16(20)11-7-14(24(18,21)22)12(17)8-13(11)23-3/h4-8H,1-3H3,(H,19,20)(H2,18,21,22). The molecule has 0 fully saturated rings. The zero-order chi connectivity index (χ0) is 18.1. The second-order valence-electron chi connectivity index (χ2n) is 5.25. The molecule has 0 saturated carbocycles. The van der Waals surface area contributed by atoms with E-state index in [0.717, 1.165) is 17.2 Å². The second-order valence-corrected chi connectivity index (χ2v) is 7.19. The Balaban J connectivity index is 2.53. The number of carbonyl (C=O) groups excluding carboxylic acids is 1. The molecule has 2 rings (SSSR count). The van der Waals surface area contributed by atoms with E-state index in [9.17, 15) is 13.2 Å². The predicted octanol–water partition coefficient (Wildman–Crippen LogP) is 2.87. The zero-order valence-electron chi connectivity index (χ0n) is 13.4. The van der Waals surface area contributed by atoms with Gasteiger partial charge in [-0.15, -0.1) is 0 Å². The van der Waals surface area contributed by atoms with E-state index in [-0.39, 0.29) is 21.2 Å². The third kappa shape index (κ3) is 3.69. The van der Waals surface area contributed by atoms with Crippen molar-refractivity contribution in [2.24, 2.45) is 5.14 Å². The maximum atomic E-state index is 12.6. The van der Waals surface area contributed by atoms with Gasteiger partial charge in [0.1, 0.15) is 10.6 Å². The highest BCUT2D eigenvalue weighted by atomic mass is 35.5. The van der Waals surface area contributed by atoms with Gasteiger partial charge in [0.15, 0.2) is 0 Å². The molecule has 0 aliphatic heterocycles. The number of rotatable bonds is 4. The summed E-state index contributed by atoms with van der Waals surface area (Å²) in [4.78, 5) is 12.3. The number of aryl methyl sites for hydroxylation is 2. The van der Waals surface area contributed by atoms with Crippen LogP contribution in [0.1, 0.15) is 21.5 Å². The molecular formula is C16H17ClN2O4S. The largest absolute Gasteiger partial charge is 0.496 e. The fraction of sp³-hybridized carbons (Fsp3) is 0.188.